The van der Waals surface area contributed by atoms with Crippen LogP contribution in [-0.4, -0.2) is 24.3 Å². The highest BCUT2D eigenvalue weighted by Gasteiger charge is 2.12. The standard InChI is InChI=1S/C15H14N4O5/c1-24-13-8-10(7-12(14(13)20)19(22)23)9-16-18-15(21)17-11-5-3-2-4-6-11/h2-9,20H,1H3,(H2,17,18,21)/p-1/b16-9-. The summed E-state index contributed by atoms with van der Waals surface area (Å²) < 4.78 is 4.80. The fourth-order valence-corrected chi connectivity index (χ4v) is 1.82. The molecule has 0 spiro atoms. The van der Waals surface area contributed by atoms with Crippen LogP contribution in [0.4, 0.5) is 16.2 Å². The molecule has 0 aliphatic rings. The lowest BCUT2D eigenvalue weighted by Crippen LogP contribution is -2.24. The van der Waals surface area contributed by atoms with Crippen LogP contribution < -0.4 is 20.6 Å². The third-order valence-electron chi connectivity index (χ3n) is 2.89. The summed E-state index contributed by atoms with van der Waals surface area (Å²) in [6.45, 7) is 0. The van der Waals surface area contributed by atoms with Gasteiger partial charge < -0.3 is 15.2 Å². The molecule has 9 nitrogen and oxygen atoms in total. The fraction of sp³-hybridized carbons (Fsp3) is 0.0667. The van der Waals surface area contributed by atoms with Gasteiger partial charge in [0.2, 0.25) is 0 Å². The fourth-order valence-electron chi connectivity index (χ4n) is 1.82. The molecule has 0 heterocycles. The molecule has 2 rings (SSSR count). The first-order valence-electron chi connectivity index (χ1n) is 6.70. The van der Waals surface area contributed by atoms with Gasteiger partial charge in [0, 0.05) is 23.1 Å². The summed E-state index contributed by atoms with van der Waals surface area (Å²) in [5.41, 5.74) is 2.39. The lowest BCUT2D eigenvalue weighted by molar-refractivity contribution is -0.398. The largest absolute Gasteiger partial charge is 0.865 e. The van der Waals surface area contributed by atoms with E-state index in [1.807, 2.05) is 0 Å². The first-order valence-corrected chi connectivity index (χ1v) is 6.70. The lowest BCUT2D eigenvalue weighted by atomic mass is 10.2. The first-order chi connectivity index (χ1) is 11.5. The number of hydrogen-bond donors (Lipinski definition) is 2. The van der Waals surface area contributed by atoms with Gasteiger partial charge in [0.1, 0.15) is 5.75 Å². The number of para-hydroxylation sites is 1. The van der Waals surface area contributed by atoms with Gasteiger partial charge in [0.05, 0.1) is 18.2 Å². The number of nitrogens with one attached hydrogen (secondary N) is 2. The third-order valence-corrected chi connectivity index (χ3v) is 2.89. The van der Waals surface area contributed by atoms with Crippen molar-refractivity contribution in [2.45, 2.75) is 0 Å². The van der Waals surface area contributed by atoms with Crippen LogP contribution in [0.15, 0.2) is 47.6 Å². The average Bonchev–Trinajstić information content (AvgIpc) is 2.56. The molecule has 9 heteroatoms. The number of amides is 2. The van der Waals surface area contributed by atoms with E-state index in [1.54, 1.807) is 30.3 Å². The van der Waals surface area contributed by atoms with Crippen molar-refractivity contribution in [3.05, 3.63) is 58.1 Å². The molecule has 0 fully saturated rings. The average molecular weight is 329 g/mol. The topological polar surface area (TPSA) is 129 Å². The summed E-state index contributed by atoms with van der Waals surface area (Å²) >= 11 is 0. The zero-order chi connectivity index (χ0) is 17.5. The molecule has 0 aliphatic heterocycles. The van der Waals surface area contributed by atoms with E-state index >= 15 is 0 Å². The maximum Gasteiger partial charge on any atom is 0.339 e. The Morgan fingerprint density at radius 3 is 2.62 bits per heavy atom. The summed E-state index contributed by atoms with van der Waals surface area (Å²) in [5, 5.41) is 28.8. The molecular formula is C15H13N4O5-. The molecule has 0 saturated carbocycles. The molecule has 24 heavy (non-hydrogen) atoms. The molecule has 2 aromatic carbocycles. The SMILES string of the molecule is COc1cc(/C=N\NC(=O)Nc2ccccc2)cc([N+](=O)[O-])c1[O-]. The number of carbonyl (C=O) groups is 1. The van der Waals surface area contributed by atoms with E-state index < -0.39 is 22.4 Å². The second-order valence-corrected chi connectivity index (χ2v) is 4.52. The van der Waals surface area contributed by atoms with Crippen LogP contribution in [0.2, 0.25) is 0 Å². The van der Waals surface area contributed by atoms with Crippen LogP contribution in [-0.2, 0) is 0 Å². The Balaban J connectivity index is 2.07. The monoisotopic (exact) mass is 329 g/mol. The minimum absolute atomic E-state index is 0.181. The number of hydrogen-bond acceptors (Lipinski definition) is 6. The smallest absolute Gasteiger partial charge is 0.339 e. The summed E-state index contributed by atoms with van der Waals surface area (Å²) in [6, 6.07) is 10.5. The number of rotatable bonds is 5. The predicted octanol–water partition coefficient (Wildman–Crippen LogP) is 1.83. The van der Waals surface area contributed by atoms with Gasteiger partial charge in [0.15, 0.2) is 0 Å². The van der Waals surface area contributed by atoms with Crippen LogP contribution in [0.25, 0.3) is 0 Å². The van der Waals surface area contributed by atoms with Crippen LogP contribution in [0.3, 0.4) is 0 Å². The molecule has 2 N–H and O–H groups in total. The molecule has 2 amide bonds. The molecule has 2 aromatic rings. The van der Waals surface area contributed by atoms with Crippen molar-refractivity contribution in [3.8, 4) is 11.5 Å². The van der Waals surface area contributed by atoms with E-state index in [9.17, 15) is 20.0 Å². The highest BCUT2D eigenvalue weighted by molar-refractivity contribution is 5.90. The van der Waals surface area contributed by atoms with Gasteiger partial charge in [-0.3, -0.25) is 10.1 Å². The van der Waals surface area contributed by atoms with E-state index in [4.69, 9.17) is 4.74 Å². The van der Waals surface area contributed by atoms with Crippen molar-refractivity contribution in [1.82, 2.24) is 5.43 Å². The van der Waals surface area contributed by atoms with Crippen molar-refractivity contribution in [3.63, 3.8) is 0 Å². The number of hydrazone groups is 1. The highest BCUT2D eigenvalue weighted by Crippen LogP contribution is 2.33. The van der Waals surface area contributed by atoms with Gasteiger partial charge in [-0.2, -0.15) is 5.10 Å². The van der Waals surface area contributed by atoms with Crippen molar-refractivity contribution in [1.29, 1.82) is 0 Å². The van der Waals surface area contributed by atoms with Gasteiger partial charge in [-0.25, -0.2) is 10.2 Å². The third kappa shape index (κ3) is 4.19. The minimum atomic E-state index is -0.825. The van der Waals surface area contributed by atoms with E-state index in [1.165, 1.54) is 19.4 Å². The molecule has 0 aliphatic carbocycles. The Labute approximate surface area is 136 Å². The number of nitro benzene ring substituents is 1. The van der Waals surface area contributed by atoms with Crippen molar-refractivity contribution in [2.75, 3.05) is 12.4 Å². The van der Waals surface area contributed by atoms with E-state index in [0.717, 1.165) is 6.07 Å². The van der Waals surface area contributed by atoms with E-state index in [-0.39, 0.29) is 11.3 Å². The van der Waals surface area contributed by atoms with Crippen molar-refractivity contribution < 1.29 is 19.6 Å². The molecular weight excluding hydrogens is 316 g/mol. The minimum Gasteiger partial charge on any atom is -0.865 e. The number of urea groups is 1. The number of anilines is 1. The number of carbonyl (C=O) groups excluding carboxylic acids is 1. The van der Waals surface area contributed by atoms with Crippen LogP contribution in [0.5, 0.6) is 11.5 Å². The van der Waals surface area contributed by atoms with Crippen LogP contribution >= 0.6 is 0 Å². The number of benzene rings is 2. The van der Waals surface area contributed by atoms with E-state index in [0.29, 0.717) is 5.69 Å². The maximum atomic E-state index is 11.7. The van der Waals surface area contributed by atoms with Gasteiger partial charge >= 0.3 is 6.03 Å². The summed E-state index contributed by atoms with van der Waals surface area (Å²) in [7, 11) is 1.23. The van der Waals surface area contributed by atoms with Gasteiger partial charge in [-0.15, -0.1) is 0 Å². The van der Waals surface area contributed by atoms with Crippen LogP contribution in [0.1, 0.15) is 5.56 Å². The van der Waals surface area contributed by atoms with Gasteiger partial charge in [0.25, 0.3) is 5.69 Å². The molecule has 0 unspecified atom stereocenters. The number of methoxy groups -OCH3 is 1. The quantitative estimate of drug-likeness (QED) is 0.491. The van der Waals surface area contributed by atoms with Crippen LogP contribution in [0, 0.1) is 10.1 Å². The second kappa shape index (κ2) is 7.58. The maximum absolute atomic E-state index is 11.7. The summed E-state index contributed by atoms with van der Waals surface area (Å²) in [5.74, 6) is -1.01. The number of nitro groups is 1. The Hall–Kier alpha value is -3.62. The molecule has 0 radical (unpaired) electrons. The zero-order valence-electron chi connectivity index (χ0n) is 12.6. The lowest BCUT2D eigenvalue weighted by Gasteiger charge is -2.12. The van der Waals surface area contributed by atoms with Crippen molar-refractivity contribution >= 4 is 23.6 Å². The zero-order valence-corrected chi connectivity index (χ0v) is 12.6. The molecule has 124 valence electrons. The molecule has 0 aromatic heterocycles. The normalized spacial score (nSPS) is 10.4. The van der Waals surface area contributed by atoms with Gasteiger partial charge in [-0.05, 0) is 18.2 Å². The van der Waals surface area contributed by atoms with Gasteiger partial charge in [-0.1, -0.05) is 18.2 Å². The Kier molecular flexibility index (Phi) is 5.29. The highest BCUT2D eigenvalue weighted by atomic mass is 16.6. The van der Waals surface area contributed by atoms with E-state index in [2.05, 4.69) is 15.8 Å². The second-order valence-electron chi connectivity index (χ2n) is 4.52. The number of ether oxygens (including phenoxy) is 1. The summed E-state index contributed by atoms with van der Waals surface area (Å²) in [4.78, 5) is 21.7. The Morgan fingerprint density at radius 1 is 1.29 bits per heavy atom. The molecule has 0 bridgehead atoms. The Bertz CT molecular complexity index is 777. The predicted molar refractivity (Wildman–Crippen MR) is 85.3 cm³/mol. The van der Waals surface area contributed by atoms with Crippen molar-refractivity contribution in [2.24, 2.45) is 5.10 Å². The number of nitrogens with zero attached hydrogens (tertiary/aromatic N) is 2. The summed E-state index contributed by atoms with van der Waals surface area (Å²) in [6.07, 6.45) is 1.17. The first kappa shape index (κ1) is 16.7. The molecule has 0 atom stereocenters. The Morgan fingerprint density at radius 2 is 2.00 bits per heavy atom. The molecule has 0 saturated heterocycles.